The number of likely N-dealkylation sites (tertiary alicyclic amines) is 1. The smallest absolute Gasteiger partial charge is 0.227 e. The van der Waals surface area contributed by atoms with Crippen molar-refractivity contribution in [1.82, 2.24) is 9.21 Å². The zero-order valence-electron chi connectivity index (χ0n) is 16.0. The summed E-state index contributed by atoms with van der Waals surface area (Å²) in [5.41, 5.74) is 0.940. The lowest BCUT2D eigenvalue weighted by Gasteiger charge is -2.41. The molecule has 0 aromatic heterocycles. The van der Waals surface area contributed by atoms with Crippen LogP contribution in [-0.2, 0) is 26.0 Å². The summed E-state index contributed by atoms with van der Waals surface area (Å²) >= 11 is 0. The van der Waals surface area contributed by atoms with Crippen LogP contribution in [0.3, 0.4) is 0 Å². The van der Waals surface area contributed by atoms with Crippen molar-refractivity contribution in [3.8, 4) is 5.75 Å². The fraction of sp³-hybridized carbons (Fsp3) is 0.632. The molecule has 2 fully saturated rings. The van der Waals surface area contributed by atoms with Gasteiger partial charge in [0.25, 0.3) is 0 Å². The Morgan fingerprint density at radius 2 is 2.00 bits per heavy atom. The number of sulfonamides is 1. The van der Waals surface area contributed by atoms with Crippen LogP contribution in [-0.4, -0.2) is 75.3 Å². The highest BCUT2D eigenvalue weighted by Crippen LogP contribution is 2.28. The maximum atomic E-state index is 12.7. The molecule has 2 atom stereocenters. The van der Waals surface area contributed by atoms with Gasteiger partial charge >= 0.3 is 0 Å². The second-order valence-electron chi connectivity index (χ2n) is 7.07. The first-order chi connectivity index (χ1) is 12.9. The third kappa shape index (κ3) is 4.62. The van der Waals surface area contributed by atoms with E-state index in [-0.39, 0.29) is 23.6 Å². The van der Waals surface area contributed by atoms with Crippen LogP contribution in [0.2, 0.25) is 0 Å². The van der Waals surface area contributed by atoms with E-state index in [9.17, 15) is 13.2 Å². The Bertz CT molecular complexity index is 750. The molecule has 7 nitrogen and oxygen atoms in total. The van der Waals surface area contributed by atoms with Gasteiger partial charge in [0.1, 0.15) is 5.75 Å². The number of nitrogens with zero attached hydrogens (tertiary/aromatic N) is 2. The topological polar surface area (TPSA) is 76.2 Å². The van der Waals surface area contributed by atoms with Gasteiger partial charge in [-0.1, -0.05) is 12.1 Å². The molecule has 2 aliphatic heterocycles. The van der Waals surface area contributed by atoms with E-state index in [0.29, 0.717) is 45.7 Å². The number of piperidine rings is 1. The molecule has 0 radical (unpaired) electrons. The highest BCUT2D eigenvalue weighted by molar-refractivity contribution is 7.89. The fourth-order valence-electron chi connectivity index (χ4n) is 3.89. The number of rotatable bonds is 5. The van der Waals surface area contributed by atoms with Crippen LogP contribution < -0.4 is 4.74 Å². The maximum absolute atomic E-state index is 12.7. The minimum absolute atomic E-state index is 0.0161. The molecule has 2 aliphatic rings. The monoisotopic (exact) mass is 396 g/mol. The van der Waals surface area contributed by atoms with Gasteiger partial charge in [0.2, 0.25) is 15.9 Å². The second kappa shape index (κ2) is 8.58. The number of carbonyl (C=O) groups excluding carboxylic acids is 1. The molecule has 1 amide bonds. The third-order valence-electron chi connectivity index (χ3n) is 5.44. The quantitative estimate of drug-likeness (QED) is 0.746. The summed E-state index contributed by atoms with van der Waals surface area (Å²) in [7, 11) is -1.66. The lowest BCUT2D eigenvalue weighted by molar-refractivity contribution is -0.133. The van der Waals surface area contributed by atoms with Crippen LogP contribution in [0, 0.1) is 5.92 Å². The van der Waals surface area contributed by atoms with Crippen molar-refractivity contribution in [2.45, 2.75) is 25.8 Å². The largest absolute Gasteiger partial charge is 0.497 e. The van der Waals surface area contributed by atoms with E-state index >= 15 is 0 Å². The summed E-state index contributed by atoms with van der Waals surface area (Å²) in [4.78, 5) is 14.6. The summed E-state index contributed by atoms with van der Waals surface area (Å²) in [5.74, 6) is 0.936. The van der Waals surface area contributed by atoms with Crippen molar-refractivity contribution in [1.29, 1.82) is 0 Å². The molecule has 1 aromatic rings. The molecule has 0 N–H and O–H groups in total. The summed E-state index contributed by atoms with van der Waals surface area (Å²) in [6.07, 6.45) is 0.987. The van der Waals surface area contributed by atoms with Crippen LogP contribution in [0.25, 0.3) is 0 Å². The maximum Gasteiger partial charge on any atom is 0.227 e. The van der Waals surface area contributed by atoms with E-state index in [1.807, 2.05) is 29.2 Å². The van der Waals surface area contributed by atoms with E-state index in [2.05, 4.69) is 0 Å². The number of fused-ring (bicyclic) bond motifs is 1. The first-order valence-electron chi connectivity index (χ1n) is 9.42. The minimum atomic E-state index is -3.27. The van der Waals surface area contributed by atoms with Gasteiger partial charge in [-0.15, -0.1) is 0 Å². The summed E-state index contributed by atoms with van der Waals surface area (Å²) in [6, 6.07) is 7.41. The van der Waals surface area contributed by atoms with Gasteiger partial charge < -0.3 is 14.4 Å². The van der Waals surface area contributed by atoms with E-state index in [1.165, 1.54) is 0 Å². The number of hydrogen-bond acceptors (Lipinski definition) is 5. The lowest BCUT2D eigenvalue weighted by Crippen LogP contribution is -2.54. The molecule has 2 saturated heterocycles. The molecule has 0 bridgehead atoms. The summed E-state index contributed by atoms with van der Waals surface area (Å²) in [6.45, 7) is 4.08. The van der Waals surface area contributed by atoms with Crippen molar-refractivity contribution < 1.29 is 22.7 Å². The number of ether oxygens (including phenoxy) is 2. The molecule has 0 aliphatic carbocycles. The summed E-state index contributed by atoms with van der Waals surface area (Å²) < 4.78 is 37.3. The van der Waals surface area contributed by atoms with Crippen LogP contribution in [0.15, 0.2) is 24.3 Å². The Kier molecular flexibility index (Phi) is 6.39. The molecular weight excluding hydrogens is 368 g/mol. The molecule has 8 heteroatoms. The van der Waals surface area contributed by atoms with Gasteiger partial charge in [-0.3, -0.25) is 4.79 Å². The highest BCUT2D eigenvalue weighted by atomic mass is 32.2. The Hall–Kier alpha value is -1.64. The number of hydrogen-bond donors (Lipinski definition) is 0. The highest BCUT2D eigenvalue weighted by Gasteiger charge is 2.40. The van der Waals surface area contributed by atoms with Crippen LogP contribution >= 0.6 is 0 Å². The number of amides is 1. The SMILES string of the molecule is CCS(=O)(=O)N1CCOCC2CN(C(=O)Cc3ccc(OC)cc3)CCC21. The average Bonchev–Trinajstić information content (AvgIpc) is 2.90. The van der Waals surface area contributed by atoms with Crippen molar-refractivity contribution in [3.63, 3.8) is 0 Å². The van der Waals surface area contributed by atoms with Crippen LogP contribution in [0.4, 0.5) is 0 Å². The Labute approximate surface area is 161 Å². The normalized spacial score (nSPS) is 24.1. The van der Waals surface area contributed by atoms with Gasteiger partial charge in [0.05, 0.1) is 32.5 Å². The second-order valence-corrected chi connectivity index (χ2v) is 9.28. The zero-order valence-corrected chi connectivity index (χ0v) is 16.8. The van der Waals surface area contributed by atoms with Crippen molar-refractivity contribution >= 4 is 15.9 Å². The molecule has 3 rings (SSSR count). The number of benzene rings is 1. The van der Waals surface area contributed by atoms with Crippen LogP contribution in [0.5, 0.6) is 5.75 Å². The molecule has 0 saturated carbocycles. The van der Waals surface area contributed by atoms with Gasteiger partial charge in [0, 0.05) is 31.6 Å². The van der Waals surface area contributed by atoms with Gasteiger partial charge in [-0.25, -0.2) is 8.42 Å². The molecule has 1 aromatic carbocycles. The number of methoxy groups -OCH3 is 1. The molecule has 27 heavy (non-hydrogen) atoms. The van der Waals surface area contributed by atoms with Crippen LogP contribution in [0.1, 0.15) is 18.9 Å². The molecule has 2 unspecified atom stereocenters. The zero-order chi connectivity index (χ0) is 19.4. The number of carbonyl (C=O) groups is 1. The Balaban J connectivity index is 1.66. The molecule has 2 heterocycles. The molecule has 150 valence electrons. The van der Waals surface area contributed by atoms with Crippen molar-refractivity contribution in [2.75, 3.05) is 45.7 Å². The Morgan fingerprint density at radius 1 is 1.26 bits per heavy atom. The van der Waals surface area contributed by atoms with Gasteiger partial charge in [-0.05, 0) is 31.0 Å². The molecule has 0 spiro atoms. The summed E-state index contributed by atoms with van der Waals surface area (Å²) in [5, 5.41) is 0. The first-order valence-corrected chi connectivity index (χ1v) is 11.0. The fourth-order valence-corrected chi connectivity index (χ4v) is 5.26. The lowest BCUT2D eigenvalue weighted by atomic mass is 9.92. The standard InChI is InChI=1S/C19H28N2O5S/c1-3-27(23,24)21-10-11-26-14-16-13-20(9-8-18(16)21)19(22)12-15-4-6-17(25-2)7-5-15/h4-7,16,18H,3,8-14H2,1-2H3. The first kappa shape index (κ1) is 20.1. The minimum Gasteiger partial charge on any atom is -0.497 e. The average molecular weight is 397 g/mol. The Morgan fingerprint density at radius 3 is 2.67 bits per heavy atom. The van der Waals surface area contributed by atoms with Gasteiger partial charge in [0.15, 0.2) is 0 Å². The van der Waals surface area contributed by atoms with Crippen molar-refractivity contribution in [3.05, 3.63) is 29.8 Å². The van der Waals surface area contributed by atoms with E-state index in [1.54, 1.807) is 18.3 Å². The predicted molar refractivity (Wildman–Crippen MR) is 102 cm³/mol. The third-order valence-corrected chi connectivity index (χ3v) is 7.34. The van der Waals surface area contributed by atoms with E-state index in [4.69, 9.17) is 9.47 Å². The molecular formula is C19H28N2O5S. The van der Waals surface area contributed by atoms with Gasteiger partial charge in [-0.2, -0.15) is 4.31 Å². The van der Waals surface area contributed by atoms with E-state index in [0.717, 1.165) is 11.3 Å². The van der Waals surface area contributed by atoms with Crippen molar-refractivity contribution in [2.24, 2.45) is 5.92 Å². The van der Waals surface area contributed by atoms with E-state index < -0.39 is 10.0 Å². The predicted octanol–water partition coefficient (Wildman–Crippen LogP) is 1.14.